The summed E-state index contributed by atoms with van der Waals surface area (Å²) in [5.74, 6) is -1.06. The second-order valence-corrected chi connectivity index (χ2v) is 2.91. The van der Waals surface area contributed by atoms with Gasteiger partial charge in [0.2, 0.25) is 0 Å². The van der Waals surface area contributed by atoms with Crippen molar-refractivity contribution >= 4 is 37.7 Å². The van der Waals surface area contributed by atoms with Gasteiger partial charge in [-0.3, -0.25) is 0 Å². The zero-order valence-electron chi connectivity index (χ0n) is 8.90. The maximum absolute atomic E-state index is 11.9. The van der Waals surface area contributed by atoms with E-state index < -0.39 is 0 Å². The van der Waals surface area contributed by atoms with Crippen molar-refractivity contribution in [2.24, 2.45) is 0 Å². The summed E-state index contributed by atoms with van der Waals surface area (Å²) in [6, 6.07) is 9.32. The molecule has 2 rings (SSSR count). The molecule has 0 radical (unpaired) electrons. The predicted octanol–water partition coefficient (Wildman–Crippen LogP) is 1.42. The number of benzene rings is 2. The molecule has 0 bridgehead atoms. The Labute approximate surface area is 128 Å². The molecule has 0 atom stereocenters. The molecule has 0 aliphatic carbocycles. The third kappa shape index (κ3) is 7.15. The Morgan fingerprint density at radius 3 is 1.00 bits per heavy atom. The number of hydrogen-bond donors (Lipinski definition) is 0. The largest absolute Gasteiger partial charge is 2.00 e. The molecule has 2 aromatic rings. The normalized spacial score (nSPS) is 8.59. The van der Waals surface area contributed by atoms with Gasteiger partial charge in [-0.1, -0.05) is 24.3 Å². The summed E-state index contributed by atoms with van der Waals surface area (Å²) in [6.45, 7) is 0. The Bertz CT molecular complexity index is 344. The van der Waals surface area contributed by atoms with E-state index in [0.717, 1.165) is 24.3 Å². The number of halogens is 2. The average molecular weight is 262 g/mol. The Morgan fingerprint density at radius 2 is 0.824 bits per heavy atom. The van der Waals surface area contributed by atoms with Gasteiger partial charge in [0.15, 0.2) is 0 Å². The molecule has 2 nitrogen and oxygen atoms in total. The summed E-state index contributed by atoms with van der Waals surface area (Å²) < 4.78 is 23.9. The van der Waals surface area contributed by atoms with Gasteiger partial charge in [0.05, 0.1) is 0 Å². The third-order valence-electron chi connectivity index (χ3n) is 1.63. The molecule has 5 heteroatoms. The van der Waals surface area contributed by atoms with Crippen molar-refractivity contribution < 1.29 is 19.0 Å². The van der Waals surface area contributed by atoms with Gasteiger partial charge in [0, 0.05) is 0 Å². The molecular weight excluding hydrogens is 254 g/mol. The molecular formula is C12H8CaF2O2. The maximum Gasteiger partial charge on any atom is 2.00 e. The minimum absolute atomic E-state index is 0. The van der Waals surface area contributed by atoms with Gasteiger partial charge in [-0.15, -0.1) is 11.5 Å². The van der Waals surface area contributed by atoms with Crippen LogP contribution in [-0.4, -0.2) is 37.7 Å². The van der Waals surface area contributed by atoms with E-state index in [-0.39, 0.29) is 60.9 Å². The third-order valence-corrected chi connectivity index (χ3v) is 1.63. The van der Waals surface area contributed by atoms with Crippen LogP contribution in [-0.2, 0) is 0 Å². The Balaban J connectivity index is 0.000000284. The first-order chi connectivity index (χ1) is 7.58. The molecule has 0 aliphatic rings. The van der Waals surface area contributed by atoms with Crippen LogP contribution in [0.4, 0.5) is 8.78 Å². The quantitative estimate of drug-likeness (QED) is 0.674. The summed E-state index contributed by atoms with van der Waals surface area (Å²) >= 11 is 0. The van der Waals surface area contributed by atoms with Crippen molar-refractivity contribution in [3.8, 4) is 11.5 Å². The van der Waals surface area contributed by atoms with Crippen LogP contribution >= 0.6 is 0 Å². The van der Waals surface area contributed by atoms with E-state index in [0.29, 0.717) is 0 Å². The van der Waals surface area contributed by atoms with E-state index in [4.69, 9.17) is 0 Å². The van der Waals surface area contributed by atoms with Crippen molar-refractivity contribution in [3.63, 3.8) is 0 Å². The van der Waals surface area contributed by atoms with Crippen LogP contribution in [0.1, 0.15) is 0 Å². The van der Waals surface area contributed by atoms with Crippen LogP contribution in [0.15, 0.2) is 48.5 Å². The minimum Gasteiger partial charge on any atom is -0.872 e. The molecule has 0 saturated carbocycles. The first-order valence-electron chi connectivity index (χ1n) is 4.43. The zero-order valence-corrected chi connectivity index (χ0v) is 11.1. The predicted molar refractivity (Wildman–Crippen MR) is 57.4 cm³/mol. The smallest absolute Gasteiger partial charge is 0.872 e. The van der Waals surface area contributed by atoms with Crippen LogP contribution in [0.5, 0.6) is 11.5 Å². The molecule has 0 aliphatic heterocycles. The molecule has 0 fully saturated rings. The topological polar surface area (TPSA) is 46.1 Å². The molecule has 84 valence electrons. The van der Waals surface area contributed by atoms with Crippen molar-refractivity contribution in [1.82, 2.24) is 0 Å². The standard InChI is InChI=1S/2C6H5FO.Ca/c2*7-5-1-3-6(8)4-2-5;/h2*1-4,8H;/q;;+2/p-2. The molecule has 0 aromatic heterocycles. The second-order valence-electron chi connectivity index (χ2n) is 2.91. The van der Waals surface area contributed by atoms with Crippen molar-refractivity contribution in [2.45, 2.75) is 0 Å². The zero-order chi connectivity index (χ0) is 12.0. The molecule has 0 N–H and O–H groups in total. The summed E-state index contributed by atoms with van der Waals surface area (Å²) in [7, 11) is 0. The van der Waals surface area contributed by atoms with Crippen LogP contribution in [0, 0.1) is 11.6 Å². The Kier molecular flexibility index (Phi) is 7.87. The van der Waals surface area contributed by atoms with Gasteiger partial charge in [-0.25, -0.2) is 8.78 Å². The molecule has 0 unspecified atom stereocenters. The van der Waals surface area contributed by atoms with Gasteiger partial charge in [0.25, 0.3) is 0 Å². The summed E-state index contributed by atoms with van der Waals surface area (Å²) in [6.07, 6.45) is 0. The molecule has 0 heterocycles. The van der Waals surface area contributed by atoms with Gasteiger partial charge in [-0.05, 0) is 24.3 Å². The van der Waals surface area contributed by atoms with Crippen molar-refractivity contribution in [3.05, 3.63) is 60.2 Å². The number of hydrogen-bond acceptors (Lipinski definition) is 2. The summed E-state index contributed by atoms with van der Waals surface area (Å²) in [4.78, 5) is 0. The van der Waals surface area contributed by atoms with Crippen LogP contribution in [0.25, 0.3) is 0 Å². The molecule has 17 heavy (non-hydrogen) atoms. The van der Waals surface area contributed by atoms with Gasteiger partial charge in [-0.2, -0.15) is 0 Å². The van der Waals surface area contributed by atoms with Gasteiger partial charge < -0.3 is 10.2 Å². The van der Waals surface area contributed by atoms with E-state index in [9.17, 15) is 19.0 Å². The fourth-order valence-corrected chi connectivity index (χ4v) is 0.869. The van der Waals surface area contributed by atoms with Crippen molar-refractivity contribution in [1.29, 1.82) is 0 Å². The van der Waals surface area contributed by atoms with Gasteiger partial charge in [0.1, 0.15) is 11.6 Å². The van der Waals surface area contributed by atoms with E-state index in [1.54, 1.807) is 0 Å². The fourth-order valence-electron chi connectivity index (χ4n) is 0.869. The molecule has 0 spiro atoms. The summed E-state index contributed by atoms with van der Waals surface area (Å²) in [5, 5.41) is 20.5. The van der Waals surface area contributed by atoms with E-state index in [1.807, 2.05) is 0 Å². The fraction of sp³-hybridized carbons (Fsp3) is 0. The Morgan fingerprint density at radius 1 is 0.588 bits per heavy atom. The minimum atomic E-state index is -0.371. The summed E-state index contributed by atoms with van der Waals surface area (Å²) in [5.41, 5.74) is 0. The van der Waals surface area contributed by atoms with E-state index >= 15 is 0 Å². The monoisotopic (exact) mass is 262 g/mol. The molecule has 0 amide bonds. The SMILES string of the molecule is [Ca+2].[O-]c1ccc(F)cc1.[O-]c1ccc(F)cc1. The Hall–Kier alpha value is -0.840. The number of rotatable bonds is 0. The molecule has 0 saturated heterocycles. The van der Waals surface area contributed by atoms with Gasteiger partial charge >= 0.3 is 37.7 Å². The second kappa shape index (κ2) is 8.28. The first-order valence-corrected chi connectivity index (χ1v) is 4.43. The molecule has 2 aromatic carbocycles. The van der Waals surface area contributed by atoms with E-state index in [2.05, 4.69) is 0 Å². The van der Waals surface area contributed by atoms with Crippen LogP contribution in [0.2, 0.25) is 0 Å². The average Bonchev–Trinajstić information content (AvgIpc) is 2.28. The first kappa shape index (κ1) is 16.2. The van der Waals surface area contributed by atoms with Crippen LogP contribution in [0.3, 0.4) is 0 Å². The maximum atomic E-state index is 11.9. The van der Waals surface area contributed by atoms with Crippen molar-refractivity contribution in [2.75, 3.05) is 0 Å². The van der Waals surface area contributed by atoms with Crippen LogP contribution < -0.4 is 10.2 Å². The van der Waals surface area contributed by atoms with E-state index in [1.165, 1.54) is 24.3 Å².